The molecule has 20 heavy (non-hydrogen) atoms. The number of anilines is 1. The fourth-order valence-electron chi connectivity index (χ4n) is 2.12. The fraction of sp³-hybridized carbons (Fsp3) is 0.462. The summed E-state index contributed by atoms with van der Waals surface area (Å²) in [4.78, 5) is 4.29. The zero-order valence-corrected chi connectivity index (χ0v) is 12.7. The van der Waals surface area contributed by atoms with Crippen molar-refractivity contribution in [1.82, 2.24) is 14.1 Å². The van der Waals surface area contributed by atoms with Crippen LogP contribution >= 0.6 is 0 Å². The summed E-state index contributed by atoms with van der Waals surface area (Å²) in [5.74, 6) is 0.356. The van der Waals surface area contributed by atoms with Gasteiger partial charge in [0.15, 0.2) is 10.8 Å². The van der Waals surface area contributed by atoms with Crippen LogP contribution < -0.4 is 10.0 Å². The van der Waals surface area contributed by atoms with E-state index in [-0.39, 0.29) is 11.1 Å². The van der Waals surface area contributed by atoms with Crippen LogP contribution in [0.15, 0.2) is 29.4 Å². The standard InChI is InChI=1S/C13H20N4O2S/c1-4-10(5-2)16-20(18,19)13-12(14-3)15-11-8-6-7-9-17(11)13/h6-10,14,16H,4-5H2,1-3H3. The number of nitrogens with one attached hydrogen (secondary N) is 2. The predicted molar refractivity (Wildman–Crippen MR) is 79.4 cm³/mol. The van der Waals surface area contributed by atoms with E-state index < -0.39 is 10.0 Å². The van der Waals surface area contributed by atoms with Gasteiger partial charge in [0.1, 0.15) is 5.65 Å². The Hall–Kier alpha value is -1.60. The molecular formula is C13H20N4O2S. The first kappa shape index (κ1) is 14.8. The molecule has 2 aromatic rings. The SMILES string of the molecule is CCC(CC)NS(=O)(=O)c1c(NC)nc2ccccn12. The van der Waals surface area contributed by atoms with Crippen molar-refractivity contribution in [3.8, 4) is 0 Å². The van der Waals surface area contributed by atoms with Gasteiger partial charge in [-0.25, -0.2) is 18.1 Å². The minimum atomic E-state index is -3.62. The van der Waals surface area contributed by atoms with Crippen LogP contribution in [0.3, 0.4) is 0 Å². The van der Waals surface area contributed by atoms with Crippen LogP contribution in [-0.4, -0.2) is 30.9 Å². The summed E-state index contributed by atoms with van der Waals surface area (Å²) in [6.07, 6.45) is 3.20. The monoisotopic (exact) mass is 296 g/mol. The molecule has 0 aliphatic rings. The number of nitrogens with zero attached hydrogens (tertiary/aromatic N) is 2. The van der Waals surface area contributed by atoms with Gasteiger partial charge in [-0.15, -0.1) is 0 Å². The molecule has 110 valence electrons. The van der Waals surface area contributed by atoms with E-state index in [9.17, 15) is 8.42 Å². The first-order valence-electron chi connectivity index (χ1n) is 6.70. The molecule has 2 N–H and O–H groups in total. The largest absolute Gasteiger partial charge is 0.371 e. The van der Waals surface area contributed by atoms with Crippen molar-refractivity contribution in [2.75, 3.05) is 12.4 Å². The summed E-state index contributed by atoms with van der Waals surface area (Å²) >= 11 is 0. The number of pyridine rings is 1. The van der Waals surface area contributed by atoms with E-state index in [0.29, 0.717) is 11.5 Å². The molecule has 0 saturated carbocycles. The summed E-state index contributed by atoms with van der Waals surface area (Å²) in [7, 11) is -1.96. The molecule has 0 saturated heterocycles. The molecule has 2 heterocycles. The Morgan fingerprint density at radius 3 is 2.60 bits per heavy atom. The van der Waals surface area contributed by atoms with Crippen molar-refractivity contribution in [3.63, 3.8) is 0 Å². The summed E-state index contributed by atoms with van der Waals surface area (Å²) in [6, 6.07) is 5.31. The topological polar surface area (TPSA) is 75.5 Å². The van der Waals surface area contributed by atoms with Crippen LogP contribution in [0.2, 0.25) is 0 Å². The van der Waals surface area contributed by atoms with Gasteiger partial charge in [-0.2, -0.15) is 0 Å². The lowest BCUT2D eigenvalue weighted by Crippen LogP contribution is -2.34. The van der Waals surface area contributed by atoms with E-state index in [4.69, 9.17) is 0 Å². The minimum absolute atomic E-state index is 0.0704. The lowest BCUT2D eigenvalue weighted by Gasteiger charge is -2.15. The Balaban J connectivity index is 2.55. The summed E-state index contributed by atoms with van der Waals surface area (Å²) in [6.45, 7) is 3.92. The van der Waals surface area contributed by atoms with E-state index >= 15 is 0 Å². The highest BCUT2D eigenvalue weighted by Crippen LogP contribution is 2.22. The van der Waals surface area contributed by atoms with Gasteiger partial charge in [-0.05, 0) is 25.0 Å². The lowest BCUT2D eigenvalue weighted by molar-refractivity contribution is 0.527. The molecule has 0 fully saturated rings. The summed E-state index contributed by atoms with van der Waals surface area (Å²) in [5.41, 5.74) is 0.599. The molecule has 0 aliphatic heterocycles. The van der Waals surface area contributed by atoms with Crippen molar-refractivity contribution < 1.29 is 8.42 Å². The Labute approximate surface area is 119 Å². The Bertz CT molecular complexity index is 689. The molecule has 0 unspecified atom stereocenters. The molecule has 2 rings (SSSR count). The molecule has 0 spiro atoms. The van der Waals surface area contributed by atoms with Crippen molar-refractivity contribution >= 4 is 21.5 Å². The fourth-order valence-corrected chi connectivity index (χ4v) is 3.82. The van der Waals surface area contributed by atoms with Crippen LogP contribution in [0.25, 0.3) is 5.65 Å². The number of hydrogen-bond acceptors (Lipinski definition) is 4. The van der Waals surface area contributed by atoms with Gasteiger partial charge in [0.25, 0.3) is 10.0 Å². The van der Waals surface area contributed by atoms with Crippen LogP contribution in [-0.2, 0) is 10.0 Å². The minimum Gasteiger partial charge on any atom is -0.371 e. The highest BCUT2D eigenvalue weighted by molar-refractivity contribution is 7.89. The highest BCUT2D eigenvalue weighted by Gasteiger charge is 2.26. The van der Waals surface area contributed by atoms with Gasteiger partial charge in [0.05, 0.1) is 0 Å². The number of sulfonamides is 1. The van der Waals surface area contributed by atoms with Crippen molar-refractivity contribution in [3.05, 3.63) is 24.4 Å². The average Bonchev–Trinajstić information content (AvgIpc) is 2.84. The predicted octanol–water partition coefficient (Wildman–Crippen LogP) is 1.84. The van der Waals surface area contributed by atoms with Crippen molar-refractivity contribution in [2.45, 2.75) is 37.8 Å². The number of imidazole rings is 1. The second-order valence-corrected chi connectivity index (χ2v) is 6.21. The number of fused-ring (bicyclic) bond motifs is 1. The van der Waals surface area contributed by atoms with E-state index in [1.807, 2.05) is 19.9 Å². The first-order chi connectivity index (χ1) is 9.53. The maximum absolute atomic E-state index is 12.6. The highest BCUT2D eigenvalue weighted by atomic mass is 32.2. The van der Waals surface area contributed by atoms with E-state index in [0.717, 1.165) is 12.8 Å². The second kappa shape index (κ2) is 5.80. The van der Waals surface area contributed by atoms with Crippen LogP contribution in [0.1, 0.15) is 26.7 Å². The Morgan fingerprint density at radius 1 is 1.30 bits per heavy atom. The van der Waals surface area contributed by atoms with Crippen LogP contribution in [0, 0.1) is 0 Å². The third-order valence-electron chi connectivity index (χ3n) is 3.28. The molecule has 6 nitrogen and oxygen atoms in total. The average molecular weight is 296 g/mol. The zero-order valence-electron chi connectivity index (χ0n) is 11.9. The van der Waals surface area contributed by atoms with Gasteiger partial charge < -0.3 is 5.32 Å². The summed E-state index contributed by atoms with van der Waals surface area (Å²) in [5, 5.41) is 3.00. The number of hydrogen-bond donors (Lipinski definition) is 2. The maximum Gasteiger partial charge on any atom is 0.260 e. The van der Waals surface area contributed by atoms with Gasteiger partial charge >= 0.3 is 0 Å². The van der Waals surface area contributed by atoms with Gasteiger partial charge in [-0.3, -0.25) is 4.40 Å². The number of aromatic nitrogens is 2. The van der Waals surface area contributed by atoms with Crippen molar-refractivity contribution in [1.29, 1.82) is 0 Å². The molecular weight excluding hydrogens is 276 g/mol. The molecule has 0 amide bonds. The van der Waals surface area contributed by atoms with Crippen LogP contribution in [0.4, 0.5) is 5.82 Å². The van der Waals surface area contributed by atoms with Gasteiger partial charge in [0.2, 0.25) is 0 Å². The molecule has 0 bridgehead atoms. The molecule has 0 aliphatic carbocycles. The molecule has 0 radical (unpaired) electrons. The lowest BCUT2D eigenvalue weighted by atomic mass is 10.2. The molecule has 7 heteroatoms. The van der Waals surface area contributed by atoms with E-state index in [1.54, 1.807) is 29.8 Å². The Kier molecular flexibility index (Phi) is 4.29. The maximum atomic E-state index is 12.6. The van der Waals surface area contributed by atoms with Gasteiger partial charge in [-0.1, -0.05) is 19.9 Å². The normalized spacial score (nSPS) is 12.2. The van der Waals surface area contributed by atoms with Crippen LogP contribution in [0.5, 0.6) is 0 Å². The van der Waals surface area contributed by atoms with Gasteiger partial charge in [0, 0.05) is 19.3 Å². The molecule has 0 atom stereocenters. The number of rotatable bonds is 6. The summed E-state index contributed by atoms with van der Waals surface area (Å²) < 4.78 is 29.5. The third kappa shape index (κ3) is 2.64. The molecule has 2 aromatic heterocycles. The molecule has 0 aromatic carbocycles. The first-order valence-corrected chi connectivity index (χ1v) is 8.19. The third-order valence-corrected chi connectivity index (χ3v) is 4.83. The zero-order chi connectivity index (χ0) is 14.8. The smallest absolute Gasteiger partial charge is 0.260 e. The Morgan fingerprint density at radius 2 is 2.00 bits per heavy atom. The quantitative estimate of drug-likeness (QED) is 0.853. The van der Waals surface area contributed by atoms with Crippen molar-refractivity contribution in [2.24, 2.45) is 0 Å². The van der Waals surface area contributed by atoms with E-state index in [2.05, 4.69) is 15.0 Å². The van der Waals surface area contributed by atoms with E-state index in [1.165, 1.54) is 0 Å². The second-order valence-electron chi connectivity index (χ2n) is 4.58.